The van der Waals surface area contributed by atoms with E-state index >= 15 is 0 Å². The molecule has 2 aliphatic heterocycles. The van der Waals surface area contributed by atoms with Crippen LogP contribution < -0.4 is 10.2 Å². The molecule has 1 unspecified atom stereocenters. The summed E-state index contributed by atoms with van der Waals surface area (Å²) in [4.78, 5) is 12.6. The van der Waals surface area contributed by atoms with Gasteiger partial charge >= 0.3 is 0 Å². The third-order valence-corrected chi connectivity index (χ3v) is 4.43. The molecule has 1 aromatic carbocycles. The molecular formula is C14H16N4O2. The molecule has 6 nitrogen and oxygen atoms in total. The maximum Gasteiger partial charge on any atom is 0.287 e. The van der Waals surface area contributed by atoms with Crippen LogP contribution in [0.4, 0.5) is 11.4 Å². The standard InChI is InChI=1S/C14H16N4O2/c15-8-11-7-12(1-2-13(11)18(19)20)17-6-4-14(10-17)3-5-16-9-14/h1-2,7,16H,3-6,9-10H2. The lowest BCUT2D eigenvalue weighted by Gasteiger charge is -2.24. The zero-order chi connectivity index (χ0) is 14.2. The van der Waals surface area contributed by atoms with Gasteiger partial charge in [0.25, 0.3) is 5.69 Å². The van der Waals surface area contributed by atoms with Crippen molar-refractivity contribution in [2.45, 2.75) is 12.8 Å². The van der Waals surface area contributed by atoms with Crippen molar-refractivity contribution in [3.8, 4) is 6.07 Å². The number of benzene rings is 1. The Morgan fingerprint density at radius 3 is 2.95 bits per heavy atom. The van der Waals surface area contributed by atoms with Gasteiger partial charge in [0, 0.05) is 36.8 Å². The normalized spacial score (nSPS) is 25.1. The van der Waals surface area contributed by atoms with Crippen LogP contribution in [-0.4, -0.2) is 31.1 Å². The number of hydrogen-bond donors (Lipinski definition) is 1. The SMILES string of the molecule is N#Cc1cc(N2CCC3(CCNC3)C2)ccc1[N+](=O)[O-]. The predicted molar refractivity (Wildman–Crippen MR) is 74.6 cm³/mol. The molecule has 2 fully saturated rings. The minimum atomic E-state index is -0.505. The Labute approximate surface area is 117 Å². The van der Waals surface area contributed by atoms with Gasteiger partial charge in [0.15, 0.2) is 0 Å². The maximum absolute atomic E-state index is 10.8. The lowest BCUT2D eigenvalue weighted by Crippen LogP contribution is -2.29. The summed E-state index contributed by atoms with van der Waals surface area (Å²) in [5, 5.41) is 23.3. The van der Waals surface area contributed by atoms with Crippen molar-refractivity contribution in [3.05, 3.63) is 33.9 Å². The number of nitrogens with one attached hydrogen (secondary N) is 1. The first-order valence-electron chi connectivity index (χ1n) is 6.78. The van der Waals surface area contributed by atoms with Gasteiger partial charge in [0.2, 0.25) is 0 Å². The van der Waals surface area contributed by atoms with Gasteiger partial charge in [-0.1, -0.05) is 0 Å². The van der Waals surface area contributed by atoms with Gasteiger partial charge in [-0.2, -0.15) is 5.26 Å². The highest BCUT2D eigenvalue weighted by Gasteiger charge is 2.40. The molecule has 2 heterocycles. The van der Waals surface area contributed by atoms with Gasteiger partial charge in [-0.3, -0.25) is 10.1 Å². The van der Waals surface area contributed by atoms with Crippen molar-refractivity contribution in [2.75, 3.05) is 31.1 Å². The first-order valence-corrected chi connectivity index (χ1v) is 6.78. The van der Waals surface area contributed by atoms with Gasteiger partial charge < -0.3 is 10.2 Å². The van der Waals surface area contributed by atoms with Crippen LogP contribution in [0.25, 0.3) is 0 Å². The second-order valence-electron chi connectivity index (χ2n) is 5.67. The van der Waals surface area contributed by atoms with Crippen LogP contribution in [0.1, 0.15) is 18.4 Å². The molecule has 1 spiro atoms. The van der Waals surface area contributed by atoms with Gasteiger partial charge in [-0.15, -0.1) is 0 Å². The van der Waals surface area contributed by atoms with E-state index in [0.29, 0.717) is 5.41 Å². The van der Waals surface area contributed by atoms with E-state index in [-0.39, 0.29) is 11.3 Å². The number of hydrogen-bond acceptors (Lipinski definition) is 5. The number of rotatable bonds is 2. The van der Waals surface area contributed by atoms with Crippen LogP contribution >= 0.6 is 0 Å². The van der Waals surface area contributed by atoms with E-state index in [1.165, 1.54) is 12.5 Å². The zero-order valence-electron chi connectivity index (χ0n) is 11.1. The highest BCUT2D eigenvalue weighted by molar-refractivity contribution is 5.60. The summed E-state index contributed by atoms with van der Waals surface area (Å²) >= 11 is 0. The largest absolute Gasteiger partial charge is 0.371 e. The third-order valence-electron chi connectivity index (χ3n) is 4.43. The van der Waals surface area contributed by atoms with E-state index in [0.717, 1.165) is 38.3 Å². The first-order chi connectivity index (χ1) is 9.63. The summed E-state index contributed by atoms with van der Waals surface area (Å²) in [6.07, 6.45) is 2.32. The van der Waals surface area contributed by atoms with Crippen molar-refractivity contribution < 1.29 is 4.92 Å². The van der Waals surface area contributed by atoms with Crippen molar-refractivity contribution in [3.63, 3.8) is 0 Å². The second kappa shape index (κ2) is 4.76. The van der Waals surface area contributed by atoms with Gasteiger partial charge in [0.1, 0.15) is 11.6 Å². The summed E-state index contributed by atoms with van der Waals surface area (Å²) < 4.78 is 0. The van der Waals surface area contributed by atoms with E-state index in [4.69, 9.17) is 5.26 Å². The fourth-order valence-electron chi connectivity index (χ4n) is 3.27. The number of nitriles is 1. The summed E-state index contributed by atoms with van der Waals surface area (Å²) in [7, 11) is 0. The molecule has 104 valence electrons. The van der Waals surface area contributed by atoms with Crippen LogP contribution in [0.3, 0.4) is 0 Å². The van der Waals surface area contributed by atoms with Crippen molar-refractivity contribution in [1.82, 2.24) is 5.32 Å². The van der Waals surface area contributed by atoms with Crippen LogP contribution in [0.5, 0.6) is 0 Å². The highest BCUT2D eigenvalue weighted by atomic mass is 16.6. The molecule has 0 amide bonds. The topological polar surface area (TPSA) is 82.2 Å². The number of nitro groups is 1. The molecule has 0 aromatic heterocycles. The molecule has 2 saturated heterocycles. The molecule has 2 aliphatic rings. The van der Waals surface area contributed by atoms with E-state index in [1.807, 2.05) is 6.07 Å². The minimum Gasteiger partial charge on any atom is -0.371 e. The van der Waals surface area contributed by atoms with Crippen molar-refractivity contribution >= 4 is 11.4 Å². The molecule has 1 aromatic rings. The fraction of sp³-hybridized carbons (Fsp3) is 0.500. The average molecular weight is 272 g/mol. The van der Waals surface area contributed by atoms with E-state index < -0.39 is 4.92 Å². The van der Waals surface area contributed by atoms with Crippen LogP contribution in [-0.2, 0) is 0 Å². The number of anilines is 1. The summed E-state index contributed by atoms with van der Waals surface area (Å²) in [6, 6.07) is 6.75. The summed E-state index contributed by atoms with van der Waals surface area (Å²) in [5.74, 6) is 0. The monoisotopic (exact) mass is 272 g/mol. The number of nitrogens with zero attached hydrogens (tertiary/aromatic N) is 3. The Hall–Kier alpha value is -2.13. The second-order valence-corrected chi connectivity index (χ2v) is 5.67. The molecule has 0 saturated carbocycles. The van der Waals surface area contributed by atoms with Crippen LogP contribution in [0.15, 0.2) is 18.2 Å². The fourth-order valence-corrected chi connectivity index (χ4v) is 3.27. The lowest BCUT2D eigenvalue weighted by molar-refractivity contribution is -0.385. The zero-order valence-corrected chi connectivity index (χ0v) is 11.1. The molecule has 0 bridgehead atoms. The van der Waals surface area contributed by atoms with E-state index in [9.17, 15) is 10.1 Å². The predicted octanol–water partition coefficient (Wildman–Crippen LogP) is 1.66. The summed E-state index contributed by atoms with van der Waals surface area (Å²) in [5.41, 5.74) is 1.27. The summed E-state index contributed by atoms with van der Waals surface area (Å²) in [6.45, 7) is 4.02. The van der Waals surface area contributed by atoms with Crippen molar-refractivity contribution in [1.29, 1.82) is 5.26 Å². The minimum absolute atomic E-state index is 0.118. The maximum atomic E-state index is 10.8. The van der Waals surface area contributed by atoms with Gasteiger partial charge in [0.05, 0.1) is 4.92 Å². The average Bonchev–Trinajstić information content (AvgIpc) is 3.09. The Morgan fingerprint density at radius 1 is 1.45 bits per heavy atom. The molecule has 3 rings (SSSR count). The van der Waals surface area contributed by atoms with Crippen LogP contribution in [0.2, 0.25) is 0 Å². The quantitative estimate of drug-likeness (QED) is 0.654. The Balaban J connectivity index is 1.85. The molecule has 20 heavy (non-hydrogen) atoms. The molecule has 6 heteroatoms. The molecule has 0 aliphatic carbocycles. The van der Waals surface area contributed by atoms with Crippen LogP contribution in [0, 0.1) is 26.9 Å². The highest BCUT2D eigenvalue weighted by Crippen LogP contribution is 2.38. The molecule has 1 atom stereocenters. The number of nitro benzene ring substituents is 1. The smallest absolute Gasteiger partial charge is 0.287 e. The Bertz CT molecular complexity index is 587. The van der Waals surface area contributed by atoms with E-state index in [2.05, 4.69) is 10.2 Å². The van der Waals surface area contributed by atoms with Gasteiger partial charge in [-0.25, -0.2) is 0 Å². The van der Waals surface area contributed by atoms with E-state index in [1.54, 1.807) is 12.1 Å². The third kappa shape index (κ3) is 2.10. The Morgan fingerprint density at radius 2 is 2.30 bits per heavy atom. The lowest BCUT2D eigenvalue weighted by atomic mass is 9.86. The first kappa shape index (κ1) is 12.9. The molecular weight excluding hydrogens is 256 g/mol. The van der Waals surface area contributed by atoms with Crippen molar-refractivity contribution in [2.24, 2.45) is 5.41 Å². The van der Waals surface area contributed by atoms with Gasteiger partial charge in [-0.05, 0) is 31.5 Å². The Kier molecular flexibility index (Phi) is 3.07. The molecule has 0 radical (unpaired) electrons. The molecule has 1 N–H and O–H groups in total.